The maximum atomic E-state index is 4.50. The van der Waals surface area contributed by atoms with Gasteiger partial charge in [0.05, 0.1) is 12.2 Å². The molecule has 120 valence electrons. The van der Waals surface area contributed by atoms with E-state index in [-0.39, 0.29) is 0 Å². The van der Waals surface area contributed by atoms with Crippen LogP contribution in [0.3, 0.4) is 0 Å². The molecule has 2 fully saturated rings. The van der Waals surface area contributed by atoms with Gasteiger partial charge in [-0.15, -0.1) is 0 Å². The predicted octanol–water partition coefficient (Wildman–Crippen LogP) is 3.12. The van der Waals surface area contributed by atoms with Crippen molar-refractivity contribution in [2.45, 2.75) is 52.0 Å². The SMILES string of the molecule is CN=C(NCc1ncccc1C)N1CCC2(CCCCC2)C1. The molecule has 2 heterocycles. The Morgan fingerprint density at radius 1 is 1.32 bits per heavy atom. The molecule has 1 spiro atoms. The zero-order chi connectivity index (χ0) is 15.4. The Labute approximate surface area is 134 Å². The third-order valence-corrected chi connectivity index (χ3v) is 5.40. The molecule has 0 radical (unpaired) electrons. The second-order valence-electron chi connectivity index (χ2n) is 6.90. The number of hydrogen-bond acceptors (Lipinski definition) is 2. The van der Waals surface area contributed by atoms with E-state index in [0.717, 1.165) is 24.7 Å². The molecule has 0 bridgehead atoms. The molecule has 0 unspecified atom stereocenters. The van der Waals surface area contributed by atoms with Crippen LogP contribution in [0.2, 0.25) is 0 Å². The number of rotatable bonds is 2. The Balaban J connectivity index is 1.60. The van der Waals surface area contributed by atoms with Gasteiger partial charge in [0.25, 0.3) is 0 Å². The number of aryl methyl sites for hydroxylation is 1. The summed E-state index contributed by atoms with van der Waals surface area (Å²) < 4.78 is 0. The fraction of sp³-hybridized carbons (Fsp3) is 0.667. The van der Waals surface area contributed by atoms with E-state index in [9.17, 15) is 0 Å². The number of nitrogens with zero attached hydrogens (tertiary/aromatic N) is 3. The van der Waals surface area contributed by atoms with Gasteiger partial charge in [-0.25, -0.2) is 0 Å². The first-order valence-electron chi connectivity index (χ1n) is 8.59. The van der Waals surface area contributed by atoms with Crippen LogP contribution in [0.15, 0.2) is 23.3 Å². The van der Waals surface area contributed by atoms with Crippen molar-refractivity contribution in [2.24, 2.45) is 10.4 Å². The topological polar surface area (TPSA) is 40.5 Å². The van der Waals surface area contributed by atoms with E-state index in [1.807, 2.05) is 19.3 Å². The van der Waals surface area contributed by atoms with Crippen molar-refractivity contribution in [3.63, 3.8) is 0 Å². The molecule has 1 aliphatic heterocycles. The van der Waals surface area contributed by atoms with Gasteiger partial charge in [-0.3, -0.25) is 9.98 Å². The molecule has 22 heavy (non-hydrogen) atoms. The third-order valence-electron chi connectivity index (χ3n) is 5.40. The average Bonchev–Trinajstić information content (AvgIpc) is 2.94. The Morgan fingerprint density at radius 2 is 2.14 bits per heavy atom. The Bertz CT molecular complexity index is 532. The molecular weight excluding hydrogens is 272 g/mol. The molecule has 1 saturated heterocycles. The summed E-state index contributed by atoms with van der Waals surface area (Å²) in [6.07, 6.45) is 10.2. The highest BCUT2D eigenvalue weighted by atomic mass is 15.3. The minimum atomic E-state index is 0.566. The lowest BCUT2D eigenvalue weighted by Gasteiger charge is -2.33. The molecule has 1 aromatic rings. The highest BCUT2D eigenvalue weighted by Gasteiger charge is 2.39. The van der Waals surface area contributed by atoms with Gasteiger partial charge >= 0.3 is 0 Å². The second-order valence-corrected chi connectivity index (χ2v) is 6.90. The van der Waals surface area contributed by atoms with Gasteiger partial charge in [-0.05, 0) is 43.2 Å². The lowest BCUT2D eigenvalue weighted by molar-refractivity contribution is 0.203. The number of likely N-dealkylation sites (tertiary alicyclic amines) is 1. The summed E-state index contributed by atoms with van der Waals surface area (Å²) in [7, 11) is 1.89. The maximum absolute atomic E-state index is 4.50. The number of hydrogen-bond donors (Lipinski definition) is 1. The van der Waals surface area contributed by atoms with Crippen molar-refractivity contribution >= 4 is 5.96 Å². The molecule has 1 saturated carbocycles. The second kappa shape index (κ2) is 6.67. The van der Waals surface area contributed by atoms with Crippen molar-refractivity contribution in [1.82, 2.24) is 15.2 Å². The Hall–Kier alpha value is -1.58. The first kappa shape index (κ1) is 15.3. The zero-order valence-electron chi connectivity index (χ0n) is 13.9. The average molecular weight is 300 g/mol. The van der Waals surface area contributed by atoms with Crippen molar-refractivity contribution in [1.29, 1.82) is 0 Å². The van der Waals surface area contributed by atoms with Crippen molar-refractivity contribution in [3.05, 3.63) is 29.6 Å². The predicted molar refractivity (Wildman–Crippen MR) is 90.9 cm³/mol. The minimum absolute atomic E-state index is 0.566. The number of pyridine rings is 1. The fourth-order valence-electron chi connectivity index (χ4n) is 4.02. The van der Waals surface area contributed by atoms with Crippen molar-refractivity contribution < 1.29 is 0 Å². The van der Waals surface area contributed by atoms with Gasteiger partial charge in [0.15, 0.2) is 5.96 Å². The van der Waals surface area contributed by atoms with E-state index in [0.29, 0.717) is 5.41 Å². The zero-order valence-corrected chi connectivity index (χ0v) is 13.9. The van der Waals surface area contributed by atoms with E-state index >= 15 is 0 Å². The minimum Gasteiger partial charge on any atom is -0.351 e. The van der Waals surface area contributed by atoms with Gasteiger partial charge in [0.2, 0.25) is 0 Å². The molecule has 1 aromatic heterocycles. The van der Waals surface area contributed by atoms with E-state index in [2.05, 4.69) is 33.2 Å². The van der Waals surface area contributed by atoms with E-state index in [1.54, 1.807) is 0 Å². The van der Waals surface area contributed by atoms with Crippen molar-refractivity contribution in [3.8, 4) is 0 Å². The smallest absolute Gasteiger partial charge is 0.193 e. The Morgan fingerprint density at radius 3 is 2.86 bits per heavy atom. The normalized spacial score (nSPS) is 21.4. The van der Waals surface area contributed by atoms with Crippen molar-refractivity contribution in [2.75, 3.05) is 20.1 Å². The van der Waals surface area contributed by atoms with Gasteiger partial charge in [-0.2, -0.15) is 0 Å². The summed E-state index contributed by atoms with van der Waals surface area (Å²) in [6.45, 7) is 5.18. The summed E-state index contributed by atoms with van der Waals surface area (Å²) >= 11 is 0. The molecule has 0 amide bonds. The molecular formula is C18H28N4. The van der Waals surface area contributed by atoms with Crippen LogP contribution >= 0.6 is 0 Å². The molecule has 0 aromatic carbocycles. The van der Waals surface area contributed by atoms with Crippen LogP contribution in [0.25, 0.3) is 0 Å². The molecule has 4 nitrogen and oxygen atoms in total. The first-order chi connectivity index (χ1) is 10.7. The van der Waals surface area contributed by atoms with Crippen LogP contribution in [0, 0.1) is 12.3 Å². The lowest BCUT2D eigenvalue weighted by Crippen LogP contribution is -2.41. The van der Waals surface area contributed by atoms with Crippen LogP contribution in [0.1, 0.15) is 49.8 Å². The lowest BCUT2D eigenvalue weighted by atomic mass is 9.73. The van der Waals surface area contributed by atoms with Crippen LogP contribution in [0.4, 0.5) is 0 Å². The number of nitrogens with one attached hydrogen (secondary N) is 1. The van der Waals surface area contributed by atoms with Crippen LogP contribution < -0.4 is 5.32 Å². The van der Waals surface area contributed by atoms with E-state index in [4.69, 9.17) is 0 Å². The highest BCUT2D eigenvalue weighted by Crippen LogP contribution is 2.43. The van der Waals surface area contributed by atoms with Gasteiger partial charge in [-0.1, -0.05) is 25.3 Å². The molecule has 1 aliphatic carbocycles. The quantitative estimate of drug-likeness (QED) is 0.674. The molecule has 0 atom stereocenters. The van der Waals surface area contributed by atoms with Crippen LogP contribution in [0.5, 0.6) is 0 Å². The Kier molecular flexibility index (Phi) is 4.65. The summed E-state index contributed by atoms with van der Waals surface area (Å²) in [4.78, 5) is 11.4. The van der Waals surface area contributed by atoms with Gasteiger partial charge in [0.1, 0.15) is 0 Å². The first-order valence-corrected chi connectivity index (χ1v) is 8.59. The standard InChI is InChI=1S/C18H28N4/c1-15-7-6-11-20-16(15)13-21-17(19-2)22-12-10-18(14-22)8-4-3-5-9-18/h6-7,11H,3-5,8-10,12-14H2,1-2H3,(H,19,21). The summed E-state index contributed by atoms with van der Waals surface area (Å²) in [5.41, 5.74) is 2.91. The monoisotopic (exact) mass is 300 g/mol. The van der Waals surface area contributed by atoms with E-state index < -0.39 is 0 Å². The van der Waals surface area contributed by atoms with Crippen LogP contribution in [-0.4, -0.2) is 36.0 Å². The number of guanidine groups is 1. The summed E-state index contributed by atoms with van der Waals surface area (Å²) in [6, 6.07) is 4.10. The molecule has 2 aliphatic rings. The molecule has 1 N–H and O–H groups in total. The number of aliphatic imine (C=N–C) groups is 1. The largest absolute Gasteiger partial charge is 0.351 e. The third kappa shape index (κ3) is 3.26. The van der Waals surface area contributed by atoms with Crippen LogP contribution in [-0.2, 0) is 6.54 Å². The summed E-state index contributed by atoms with van der Waals surface area (Å²) in [5, 5.41) is 3.50. The van der Waals surface area contributed by atoms with Gasteiger partial charge in [0, 0.05) is 26.3 Å². The number of aromatic nitrogens is 1. The fourth-order valence-corrected chi connectivity index (χ4v) is 4.02. The molecule has 4 heteroatoms. The molecule has 3 rings (SSSR count). The maximum Gasteiger partial charge on any atom is 0.193 e. The highest BCUT2D eigenvalue weighted by molar-refractivity contribution is 5.80. The van der Waals surface area contributed by atoms with E-state index in [1.165, 1.54) is 50.6 Å². The summed E-state index contributed by atoms with van der Waals surface area (Å²) in [5.74, 6) is 1.03. The van der Waals surface area contributed by atoms with Gasteiger partial charge < -0.3 is 10.2 Å².